The molecule has 3 N–H and O–H groups in total. The van der Waals surface area contributed by atoms with Crippen LogP contribution in [0.25, 0.3) is 0 Å². The lowest BCUT2D eigenvalue weighted by atomic mass is 9.89. The largest absolute Gasteiger partial charge is 0.393 e. The van der Waals surface area contributed by atoms with Gasteiger partial charge in [-0.15, -0.1) is 0 Å². The molecule has 2 aromatic rings. The molecule has 124 valence electrons. The van der Waals surface area contributed by atoms with Crippen molar-refractivity contribution >= 4 is 23.4 Å². The maximum Gasteiger partial charge on any atom is 0.224 e. The number of hydrogen-bond donors (Lipinski definition) is 3. The van der Waals surface area contributed by atoms with E-state index < -0.39 is 0 Å². The summed E-state index contributed by atoms with van der Waals surface area (Å²) >= 11 is 5.97. The van der Waals surface area contributed by atoms with Crippen LogP contribution in [0.15, 0.2) is 30.5 Å². The molecule has 0 bridgehead atoms. The molecule has 0 atom stereocenters. The predicted octanol–water partition coefficient (Wildman–Crippen LogP) is 2.59. The monoisotopic (exact) mass is 343 g/mol. The summed E-state index contributed by atoms with van der Waals surface area (Å²) < 4.78 is 0. The zero-order valence-electron chi connectivity index (χ0n) is 13.0. The van der Waals surface area contributed by atoms with Gasteiger partial charge in [0.05, 0.1) is 12.3 Å². The number of nitriles is 1. The first-order chi connectivity index (χ1) is 11.6. The highest BCUT2D eigenvalue weighted by atomic mass is 35.5. The molecule has 1 aliphatic carbocycles. The first kappa shape index (κ1) is 16.5. The number of halogens is 1. The summed E-state index contributed by atoms with van der Waals surface area (Å²) in [5.41, 5.74) is 1.53. The molecular formula is C17H18ClN5O. The van der Waals surface area contributed by atoms with Gasteiger partial charge in [-0.1, -0.05) is 23.7 Å². The minimum atomic E-state index is -0.259. The zero-order valence-corrected chi connectivity index (χ0v) is 13.8. The summed E-state index contributed by atoms with van der Waals surface area (Å²) in [6.45, 7) is 0.661. The van der Waals surface area contributed by atoms with E-state index in [1.165, 1.54) is 6.20 Å². The lowest BCUT2D eigenvalue weighted by Crippen LogP contribution is -2.39. The van der Waals surface area contributed by atoms with Crippen molar-refractivity contribution in [1.29, 1.82) is 5.26 Å². The van der Waals surface area contributed by atoms with E-state index >= 15 is 0 Å². The van der Waals surface area contributed by atoms with Crippen molar-refractivity contribution in [2.45, 2.75) is 31.4 Å². The minimum absolute atomic E-state index is 0.154. The van der Waals surface area contributed by atoms with Crippen LogP contribution in [-0.2, 0) is 6.42 Å². The van der Waals surface area contributed by atoms with Crippen molar-refractivity contribution in [3.05, 3.63) is 46.6 Å². The zero-order chi connectivity index (χ0) is 16.9. The topological polar surface area (TPSA) is 93.9 Å². The Bertz CT molecular complexity index is 755. The van der Waals surface area contributed by atoms with Crippen LogP contribution < -0.4 is 10.6 Å². The molecular weight excluding hydrogens is 326 g/mol. The van der Waals surface area contributed by atoms with Crippen LogP contribution in [0.4, 0.5) is 11.8 Å². The average Bonchev–Trinajstić information content (AvgIpc) is 2.54. The molecule has 0 saturated heterocycles. The molecule has 0 spiro atoms. The van der Waals surface area contributed by atoms with Gasteiger partial charge in [-0.3, -0.25) is 0 Å². The number of nitrogens with zero attached hydrogens (tertiary/aromatic N) is 3. The maximum atomic E-state index is 9.36. The Kier molecular flexibility index (Phi) is 5.14. The minimum Gasteiger partial charge on any atom is -0.393 e. The molecule has 3 rings (SSSR count). The Morgan fingerprint density at radius 1 is 1.38 bits per heavy atom. The van der Waals surface area contributed by atoms with E-state index in [9.17, 15) is 5.11 Å². The van der Waals surface area contributed by atoms with Gasteiger partial charge in [0.15, 0.2) is 0 Å². The Morgan fingerprint density at radius 3 is 2.92 bits per heavy atom. The first-order valence-corrected chi connectivity index (χ1v) is 8.22. The highest BCUT2D eigenvalue weighted by Gasteiger charge is 2.28. The second-order valence-electron chi connectivity index (χ2n) is 5.84. The lowest BCUT2D eigenvalue weighted by molar-refractivity contribution is 0.0835. The molecule has 24 heavy (non-hydrogen) atoms. The molecule has 0 radical (unpaired) electrons. The standard InChI is InChI=1S/C17H18ClN5O/c18-13-3-1-2-11(6-13)4-5-20-17-21-10-12(9-19)16(23-17)22-14-7-15(24)8-14/h1-3,6,10,14-15,24H,4-5,7-8H2,(H2,20,21,22,23). The molecule has 1 saturated carbocycles. The van der Waals surface area contributed by atoms with Crippen molar-refractivity contribution in [1.82, 2.24) is 9.97 Å². The number of aliphatic hydroxyl groups excluding tert-OH is 1. The highest BCUT2D eigenvalue weighted by molar-refractivity contribution is 6.30. The number of benzene rings is 1. The van der Waals surface area contributed by atoms with Gasteiger partial charge in [0.2, 0.25) is 5.95 Å². The summed E-state index contributed by atoms with van der Waals surface area (Å²) in [6, 6.07) is 9.95. The fraction of sp³-hybridized carbons (Fsp3) is 0.353. The normalized spacial score (nSPS) is 19.2. The predicted molar refractivity (Wildman–Crippen MR) is 93.0 cm³/mol. The molecule has 0 unspecified atom stereocenters. The highest BCUT2D eigenvalue weighted by Crippen LogP contribution is 2.25. The molecule has 0 amide bonds. The molecule has 6 nitrogen and oxygen atoms in total. The molecule has 7 heteroatoms. The van der Waals surface area contributed by atoms with E-state index in [4.69, 9.17) is 16.9 Å². The third kappa shape index (κ3) is 4.13. The molecule has 1 aromatic carbocycles. The first-order valence-electron chi connectivity index (χ1n) is 7.84. The number of hydrogen-bond acceptors (Lipinski definition) is 6. The third-order valence-corrected chi connectivity index (χ3v) is 4.18. The summed E-state index contributed by atoms with van der Waals surface area (Å²) in [6.07, 6.45) is 3.39. The quantitative estimate of drug-likeness (QED) is 0.746. The van der Waals surface area contributed by atoms with Crippen molar-refractivity contribution in [3.8, 4) is 6.07 Å². The summed E-state index contributed by atoms with van der Waals surface area (Å²) in [7, 11) is 0. The van der Waals surface area contributed by atoms with Gasteiger partial charge in [-0.05, 0) is 37.0 Å². The second kappa shape index (κ2) is 7.47. The van der Waals surface area contributed by atoms with E-state index in [1.807, 2.05) is 24.3 Å². The van der Waals surface area contributed by atoms with Gasteiger partial charge >= 0.3 is 0 Å². The van der Waals surface area contributed by atoms with Gasteiger partial charge in [0.1, 0.15) is 17.5 Å². The van der Waals surface area contributed by atoms with Gasteiger partial charge < -0.3 is 15.7 Å². The van der Waals surface area contributed by atoms with Crippen LogP contribution in [0.5, 0.6) is 0 Å². The van der Waals surface area contributed by atoms with Crippen molar-refractivity contribution in [3.63, 3.8) is 0 Å². The van der Waals surface area contributed by atoms with Gasteiger partial charge in [0.25, 0.3) is 0 Å². The number of anilines is 2. The molecule has 1 aliphatic rings. The third-order valence-electron chi connectivity index (χ3n) is 3.95. The number of nitrogens with one attached hydrogen (secondary N) is 2. The Hall–Kier alpha value is -2.36. The van der Waals surface area contributed by atoms with Crippen molar-refractivity contribution in [2.75, 3.05) is 17.2 Å². The Labute approximate surface area is 145 Å². The van der Waals surface area contributed by atoms with Gasteiger partial charge in [0, 0.05) is 17.6 Å². The fourth-order valence-corrected chi connectivity index (χ4v) is 2.78. The van der Waals surface area contributed by atoms with E-state index in [0.29, 0.717) is 36.7 Å². The van der Waals surface area contributed by atoms with Crippen LogP contribution in [-0.4, -0.2) is 33.8 Å². The molecule has 1 heterocycles. The van der Waals surface area contributed by atoms with Gasteiger partial charge in [-0.25, -0.2) is 4.98 Å². The summed E-state index contributed by atoms with van der Waals surface area (Å²) in [4.78, 5) is 8.54. The number of aliphatic hydroxyl groups is 1. The number of rotatable bonds is 6. The Morgan fingerprint density at radius 2 is 2.21 bits per heavy atom. The van der Waals surface area contributed by atoms with Crippen LogP contribution in [0, 0.1) is 11.3 Å². The summed E-state index contributed by atoms with van der Waals surface area (Å²) in [5, 5.41) is 25.6. The van der Waals surface area contributed by atoms with Gasteiger partial charge in [-0.2, -0.15) is 10.2 Å². The SMILES string of the molecule is N#Cc1cnc(NCCc2cccc(Cl)c2)nc1NC1CC(O)C1. The van der Waals surface area contributed by atoms with Crippen molar-refractivity contribution in [2.24, 2.45) is 0 Å². The van der Waals surface area contributed by atoms with Crippen LogP contribution >= 0.6 is 11.6 Å². The smallest absolute Gasteiger partial charge is 0.224 e. The van der Waals surface area contributed by atoms with Crippen LogP contribution in [0.1, 0.15) is 24.0 Å². The molecule has 0 aliphatic heterocycles. The fourth-order valence-electron chi connectivity index (χ4n) is 2.57. The Balaban J connectivity index is 1.60. The second-order valence-corrected chi connectivity index (χ2v) is 6.28. The van der Waals surface area contributed by atoms with Crippen molar-refractivity contribution < 1.29 is 5.11 Å². The van der Waals surface area contributed by atoms with E-state index in [0.717, 1.165) is 17.0 Å². The summed E-state index contributed by atoms with van der Waals surface area (Å²) in [5.74, 6) is 0.980. The maximum absolute atomic E-state index is 9.36. The van der Waals surface area contributed by atoms with E-state index in [-0.39, 0.29) is 12.1 Å². The number of aromatic nitrogens is 2. The average molecular weight is 344 g/mol. The van der Waals surface area contributed by atoms with Crippen LogP contribution in [0.3, 0.4) is 0 Å². The van der Waals surface area contributed by atoms with E-state index in [2.05, 4.69) is 26.7 Å². The molecule has 1 fully saturated rings. The molecule has 1 aromatic heterocycles. The van der Waals surface area contributed by atoms with Crippen LogP contribution in [0.2, 0.25) is 5.02 Å². The lowest BCUT2D eigenvalue weighted by Gasteiger charge is -2.32. The van der Waals surface area contributed by atoms with E-state index in [1.54, 1.807) is 0 Å².